The van der Waals surface area contributed by atoms with Crippen LogP contribution in [0.3, 0.4) is 0 Å². The Labute approximate surface area is 260 Å². The van der Waals surface area contributed by atoms with Crippen molar-refractivity contribution in [3.63, 3.8) is 0 Å². The van der Waals surface area contributed by atoms with Crippen LogP contribution in [0.4, 0.5) is 36.8 Å². The number of ether oxygens (including phenoxy) is 3. The molecule has 1 N–H and O–H groups in total. The van der Waals surface area contributed by atoms with Crippen LogP contribution in [0.5, 0.6) is 0 Å². The molecule has 2 aliphatic heterocycles. The molecule has 0 saturated carbocycles. The molecular weight excluding hydrogens is 628 g/mol. The molecule has 0 aliphatic carbocycles. The van der Waals surface area contributed by atoms with Crippen molar-refractivity contribution in [1.29, 1.82) is 0 Å². The lowest BCUT2D eigenvalue weighted by Crippen LogP contribution is -2.42. The number of piperidine rings is 1. The Morgan fingerprint density at radius 2 is 1.64 bits per heavy atom. The molecule has 2 amide bonds. The van der Waals surface area contributed by atoms with Crippen LogP contribution in [-0.2, 0) is 31.4 Å². The molecule has 2 aromatic carbocycles. The first kappa shape index (κ1) is 34.4. The molecule has 2 fully saturated rings. The van der Waals surface area contributed by atoms with Gasteiger partial charge in [0.25, 0.3) is 0 Å². The van der Waals surface area contributed by atoms with Crippen LogP contribution in [0.2, 0.25) is 0 Å². The lowest BCUT2D eigenvalue weighted by atomic mass is 9.99. The minimum Gasteiger partial charge on any atom is -0.447 e. The molecular formula is C30H33F6N3O5S. The summed E-state index contributed by atoms with van der Waals surface area (Å²) in [4.78, 5) is 27.2. The molecule has 246 valence electrons. The molecule has 0 radical (unpaired) electrons. The SMILES string of the molecule is COCCOC(=O)N1CCC(Nc2cccc(Sc3ccc(C=CC(=O)N4CCOCC4)c(C(F)(F)F)c3C(F)(F)F)c2)CC1. The van der Waals surface area contributed by atoms with Gasteiger partial charge in [0.1, 0.15) is 6.61 Å². The van der Waals surface area contributed by atoms with Gasteiger partial charge in [-0.2, -0.15) is 26.3 Å². The van der Waals surface area contributed by atoms with E-state index in [1.807, 2.05) is 0 Å². The van der Waals surface area contributed by atoms with Gasteiger partial charge in [0.2, 0.25) is 5.91 Å². The van der Waals surface area contributed by atoms with Crippen LogP contribution < -0.4 is 5.32 Å². The Morgan fingerprint density at radius 3 is 2.29 bits per heavy atom. The van der Waals surface area contributed by atoms with Crippen molar-refractivity contribution in [2.45, 2.75) is 41.0 Å². The zero-order chi connectivity index (χ0) is 32.6. The standard InChI is InChI=1S/C30H33F6N3O5S/c1-42-17-18-44-28(41)39-11-9-21(10-12-39)37-22-3-2-4-23(19-22)45-24-7-5-20(6-8-25(40)38-13-15-43-16-14-38)26(29(31,32)33)27(24)30(34,35)36/h2-8,19,21,37H,9-18H2,1H3. The van der Waals surface area contributed by atoms with Gasteiger partial charge in [-0.25, -0.2) is 4.79 Å². The number of rotatable bonds is 9. The second kappa shape index (κ2) is 15.2. The third-order valence-corrected chi connectivity index (χ3v) is 8.24. The molecule has 0 bridgehead atoms. The van der Waals surface area contributed by atoms with Crippen LogP contribution in [-0.4, -0.2) is 87.6 Å². The highest BCUT2D eigenvalue weighted by atomic mass is 32.2. The summed E-state index contributed by atoms with van der Waals surface area (Å²) in [6.07, 6.45) is -8.31. The molecule has 0 spiro atoms. The second-order valence-corrected chi connectivity index (χ2v) is 11.4. The number of benzene rings is 2. The molecule has 15 heteroatoms. The Hall–Kier alpha value is -3.43. The summed E-state index contributed by atoms with van der Waals surface area (Å²) in [5.74, 6) is -0.615. The molecule has 2 aliphatic rings. The maximum absolute atomic E-state index is 14.3. The topological polar surface area (TPSA) is 80.3 Å². The minimum absolute atomic E-state index is 0.0397. The molecule has 2 heterocycles. The predicted octanol–water partition coefficient (Wildman–Crippen LogP) is 6.41. The fourth-order valence-electron chi connectivity index (χ4n) is 4.98. The Balaban J connectivity index is 1.51. The highest BCUT2D eigenvalue weighted by molar-refractivity contribution is 7.99. The number of halogens is 6. The third-order valence-electron chi connectivity index (χ3n) is 7.19. The number of methoxy groups -OCH3 is 1. The van der Waals surface area contributed by atoms with E-state index in [-0.39, 0.29) is 45.6 Å². The summed E-state index contributed by atoms with van der Waals surface area (Å²) >= 11 is 0.564. The minimum atomic E-state index is -5.35. The van der Waals surface area contributed by atoms with E-state index in [0.29, 0.717) is 48.3 Å². The number of hydrogen-bond acceptors (Lipinski definition) is 7. The number of morpholine rings is 1. The van der Waals surface area contributed by atoms with E-state index in [9.17, 15) is 35.9 Å². The zero-order valence-corrected chi connectivity index (χ0v) is 25.2. The first-order valence-electron chi connectivity index (χ1n) is 14.2. The Morgan fingerprint density at radius 1 is 0.956 bits per heavy atom. The molecule has 2 saturated heterocycles. The number of hydrogen-bond donors (Lipinski definition) is 1. The van der Waals surface area contributed by atoms with Gasteiger partial charge in [-0.05, 0) is 48.7 Å². The summed E-state index contributed by atoms with van der Waals surface area (Å²) in [7, 11) is 1.50. The first-order chi connectivity index (χ1) is 21.4. The third kappa shape index (κ3) is 9.53. The highest BCUT2D eigenvalue weighted by Crippen LogP contribution is 2.48. The van der Waals surface area contributed by atoms with E-state index in [1.54, 1.807) is 23.1 Å². The number of alkyl halides is 6. The average molecular weight is 662 g/mol. The van der Waals surface area contributed by atoms with E-state index < -0.39 is 45.9 Å². The second-order valence-electron chi connectivity index (χ2n) is 10.3. The molecule has 2 aromatic rings. The summed E-state index contributed by atoms with van der Waals surface area (Å²) in [6.45, 7) is 2.30. The quantitative estimate of drug-likeness (QED) is 0.189. The maximum atomic E-state index is 14.3. The van der Waals surface area contributed by atoms with E-state index in [4.69, 9.17) is 14.2 Å². The molecule has 0 unspecified atom stereocenters. The molecule has 4 rings (SSSR count). The number of carbonyl (C=O) groups is 2. The van der Waals surface area contributed by atoms with Crippen LogP contribution in [0.1, 0.15) is 29.5 Å². The Bertz CT molecular complexity index is 1360. The molecule has 45 heavy (non-hydrogen) atoms. The van der Waals surface area contributed by atoms with E-state index in [2.05, 4.69) is 5.32 Å². The fourth-order valence-corrected chi connectivity index (χ4v) is 6.03. The van der Waals surface area contributed by atoms with Crippen LogP contribution in [0, 0.1) is 0 Å². The van der Waals surface area contributed by atoms with Crippen LogP contribution >= 0.6 is 11.8 Å². The van der Waals surface area contributed by atoms with Gasteiger partial charge >= 0.3 is 18.4 Å². The van der Waals surface area contributed by atoms with Crippen LogP contribution in [0.25, 0.3) is 6.08 Å². The lowest BCUT2D eigenvalue weighted by Gasteiger charge is -2.32. The number of amides is 2. The molecule has 0 atom stereocenters. The van der Waals surface area contributed by atoms with Gasteiger partial charge < -0.3 is 29.3 Å². The van der Waals surface area contributed by atoms with Gasteiger partial charge in [-0.15, -0.1) is 0 Å². The molecule has 0 aromatic heterocycles. The van der Waals surface area contributed by atoms with Crippen molar-refractivity contribution < 1.29 is 50.1 Å². The Kier molecular flexibility index (Phi) is 11.7. The number of carbonyl (C=O) groups excluding carboxylic acids is 2. The smallest absolute Gasteiger partial charge is 0.418 e. The van der Waals surface area contributed by atoms with Crippen molar-refractivity contribution in [2.24, 2.45) is 0 Å². The normalized spacial score (nSPS) is 16.7. The van der Waals surface area contributed by atoms with Gasteiger partial charge in [0.15, 0.2) is 0 Å². The van der Waals surface area contributed by atoms with E-state index in [1.165, 1.54) is 18.1 Å². The van der Waals surface area contributed by atoms with Gasteiger partial charge in [-0.1, -0.05) is 23.9 Å². The fraction of sp³-hybridized carbons (Fsp3) is 0.467. The molecule has 8 nitrogen and oxygen atoms in total. The van der Waals surface area contributed by atoms with Gasteiger partial charge in [-0.3, -0.25) is 4.79 Å². The number of nitrogens with one attached hydrogen (secondary N) is 1. The summed E-state index contributed by atoms with van der Waals surface area (Å²) in [6, 6.07) is 8.28. The van der Waals surface area contributed by atoms with Crippen molar-refractivity contribution in [1.82, 2.24) is 9.80 Å². The number of likely N-dealkylation sites (tertiary alicyclic amines) is 1. The summed E-state index contributed by atoms with van der Waals surface area (Å²) in [5.41, 5.74) is -3.85. The first-order valence-corrected chi connectivity index (χ1v) is 15.0. The number of anilines is 1. The van der Waals surface area contributed by atoms with E-state index >= 15 is 0 Å². The van der Waals surface area contributed by atoms with Crippen molar-refractivity contribution in [2.75, 3.05) is 65.0 Å². The lowest BCUT2D eigenvalue weighted by molar-refractivity contribution is -0.163. The van der Waals surface area contributed by atoms with Crippen LogP contribution in [0.15, 0.2) is 52.3 Å². The van der Waals surface area contributed by atoms with Gasteiger partial charge in [0.05, 0.1) is 30.9 Å². The average Bonchev–Trinajstić information content (AvgIpc) is 3.00. The number of nitrogens with zero attached hydrogens (tertiary/aromatic N) is 2. The van der Waals surface area contributed by atoms with Gasteiger partial charge in [0, 0.05) is 60.9 Å². The van der Waals surface area contributed by atoms with Crippen molar-refractivity contribution >= 4 is 35.5 Å². The maximum Gasteiger partial charge on any atom is 0.418 e. The summed E-state index contributed by atoms with van der Waals surface area (Å²) in [5, 5.41) is 3.30. The highest BCUT2D eigenvalue weighted by Gasteiger charge is 2.46. The zero-order valence-electron chi connectivity index (χ0n) is 24.4. The largest absolute Gasteiger partial charge is 0.447 e. The van der Waals surface area contributed by atoms with Crippen molar-refractivity contribution in [3.8, 4) is 0 Å². The monoisotopic (exact) mass is 661 g/mol. The van der Waals surface area contributed by atoms with E-state index in [0.717, 1.165) is 24.3 Å². The predicted molar refractivity (Wildman–Crippen MR) is 155 cm³/mol. The summed E-state index contributed by atoms with van der Waals surface area (Å²) < 4.78 is 101. The van der Waals surface area contributed by atoms with Crippen molar-refractivity contribution in [3.05, 3.63) is 59.2 Å².